The van der Waals surface area contributed by atoms with E-state index in [4.69, 9.17) is 0 Å². The molecule has 4 fully saturated rings. The van der Waals surface area contributed by atoms with Crippen molar-refractivity contribution in [3.63, 3.8) is 0 Å². The number of amides is 4. The lowest BCUT2D eigenvalue weighted by atomic mass is 9.61. The Kier molecular flexibility index (Phi) is 5.25. The van der Waals surface area contributed by atoms with Crippen molar-refractivity contribution in [2.24, 2.45) is 23.7 Å². The Balaban J connectivity index is 1.24. The molecule has 7 aliphatic rings. The van der Waals surface area contributed by atoms with Crippen LogP contribution in [0.25, 0.3) is 0 Å². The lowest BCUT2D eigenvalue weighted by molar-refractivity contribution is -0.142. The predicted octanol–water partition coefficient (Wildman–Crippen LogP) is -1.52. The highest BCUT2D eigenvalue weighted by Crippen LogP contribution is 2.54. The van der Waals surface area contributed by atoms with Crippen LogP contribution in [0.15, 0.2) is 23.3 Å². The number of carbonyl (C=O) groups excluding carboxylic acids is 4. The molecule has 0 radical (unpaired) electrons. The van der Waals surface area contributed by atoms with E-state index in [1.165, 1.54) is 9.80 Å². The SMILES string of the molecule is CN1CCN(CN2C(=O)C3=C4C=CC(C3C2=O)C2C(=O)N(CN3CCN(C)CC3)C(=O)C42)CC1. The first-order chi connectivity index (χ1) is 16.3. The Morgan fingerprint density at radius 1 is 0.706 bits per heavy atom. The Bertz CT molecular complexity index is 1010. The van der Waals surface area contributed by atoms with E-state index in [0.717, 1.165) is 52.4 Å². The fourth-order valence-corrected chi connectivity index (χ4v) is 6.46. The van der Waals surface area contributed by atoms with Crippen LogP contribution in [0.5, 0.6) is 0 Å². The molecule has 0 aromatic heterocycles. The van der Waals surface area contributed by atoms with Gasteiger partial charge < -0.3 is 9.80 Å². The second kappa shape index (κ2) is 8.08. The lowest BCUT2D eigenvalue weighted by Gasteiger charge is -2.37. The van der Waals surface area contributed by atoms with Crippen LogP contribution in [0.4, 0.5) is 0 Å². The molecular formula is C24H32N6O4. The second-order valence-corrected chi connectivity index (χ2v) is 10.6. The van der Waals surface area contributed by atoms with Gasteiger partial charge in [0.05, 0.1) is 31.1 Å². The molecule has 3 aliphatic carbocycles. The summed E-state index contributed by atoms with van der Waals surface area (Å²) in [5.74, 6) is -3.20. The number of rotatable bonds is 4. The van der Waals surface area contributed by atoms with Crippen molar-refractivity contribution in [1.82, 2.24) is 29.4 Å². The number of hydrogen-bond donors (Lipinski definition) is 0. The maximum Gasteiger partial charge on any atom is 0.258 e. The summed E-state index contributed by atoms with van der Waals surface area (Å²) in [5, 5.41) is 0. The number of allylic oxidation sites excluding steroid dienone is 2. The Morgan fingerprint density at radius 2 is 1.24 bits per heavy atom. The number of carbonyl (C=O) groups is 4. The zero-order valence-corrected chi connectivity index (χ0v) is 19.9. The molecule has 4 unspecified atom stereocenters. The largest absolute Gasteiger partial charge is 0.304 e. The molecule has 4 aliphatic heterocycles. The third-order valence-electron chi connectivity index (χ3n) is 8.58. The fourth-order valence-electron chi connectivity index (χ4n) is 6.46. The monoisotopic (exact) mass is 468 g/mol. The van der Waals surface area contributed by atoms with Crippen molar-refractivity contribution in [2.45, 2.75) is 0 Å². The van der Waals surface area contributed by atoms with Crippen molar-refractivity contribution < 1.29 is 19.2 Å². The number of hydrogen-bond acceptors (Lipinski definition) is 8. The van der Waals surface area contributed by atoms with Crippen LogP contribution >= 0.6 is 0 Å². The molecule has 0 aromatic carbocycles. The standard InChI is InChI=1S/C24H32N6O4/c1-25-5-9-27(10-6-25)13-29-21(31)17-15-3-4-16(18(17)22(29)32)20-19(15)23(33)30(24(20)34)14-28-11-7-26(2)8-12-28/h3-4,15,17-19H,5-14H2,1-2H3. The molecule has 182 valence electrons. The Morgan fingerprint density at radius 3 is 1.82 bits per heavy atom. The first-order valence-electron chi connectivity index (χ1n) is 12.3. The van der Waals surface area contributed by atoms with Crippen LogP contribution in [0.3, 0.4) is 0 Å². The van der Waals surface area contributed by atoms with Gasteiger partial charge in [0, 0.05) is 63.8 Å². The topological polar surface area (TPSA) is 87.7 Å². The van der Waals surface area contributed by atoms with Crippen molar-refractivity contribution >= 4 is 23.6 Å². The van der Waals surface area contributed by atoms with Gasteiger partial charge in [-0.3, -0.25) is 38.8 Å². The van der Waals surface area contributed by atoms with Gasteiger partial charge in [0.1, 0.15) is 0 Å². The smallest absolute Gasteiger partial charge is 0.258 e. The van der Waals surface area contributed by atoms with Crippen molar-refractivity contribution in [1.29, 1.82) is 0 Å². The molecule has 34 heavy (non-hydrogen) atoms. The van der Waals surface area contributed by atoms with Crippen LogP contribution in [-0.2, 0) is 19.2 Å². The van der Waals surface area contributed by atoms with E-state index < -0.39 is 23.7 Å². The summed E-state index contributed by atoms with van der Waals surface area (Å²) in [6, 6.07) is 0. The van der Waals surface area contributed by atoms with Crippen LogP contribution in [0.1, 0.15) is 0 Å². The zero-order chi connectivity index (χ0) is 23.7. The summed E-state index contributed by atoms with van der Waals surface area (Å²) in [7, 11) is 4.13. The molecule has 2 bridgehead atoms. The average molecular weight is 469 g/mol. The van der Waals surface area contributed by atoms with Crippen molar-refractivity contribution in [2.75, 3.05) is 79.8 Å². The summed E-state index contributed by atoms with van der Waals surface area (Å²) in [6.45, 7) is 7.37. The molecule has 4 saturated heterocycles. The molecule has 4 heterocycles. The minimum absolute atomic E-state index is 0.197. The maximum atomic E-state index is 13.5. The Hall–Kier alpha value is -2.40. The van der Waals surface area contributed by atoms with E-state index in [-0.39, 0.29) is 37.0 Å². The van der Waals surface area contributed by atoms with Gasteiger partial charge in [-0.25, -0.2) is 0 Å². The first-order valence-corrected chi connectivity index (χ1v) is 12.3. The molecule has 0 saturated carbocycles. The molecule has 0 spiro atoms. The first kappa shape index (κ1) is 22.1. The van der Waals surface area contributed by atoms with Gasteiger partial charge in [-0.15, -0.1) is 0 Å². The van der Waals surface area contributed by atoms with Gasteiger partial charge >= 0.3 is 0 Å². The quantitative estimate of drug-likeness (QED) is 0.460. The third kappa shape index (κ3) is 3.23. The number of piperazine rings is 2. The predicted molar refractivity (Wildman–Crippen MR) is 122 cm³/mol. The molecule has 4 atom stereocenters. The van der Waals surface area contributed by atoms with Crippen LogP contribution in [0, 0.1) is 23.7 Å². The zero-order valence-electron chi connectivity index (χ0n) is 19.9. The van der Waals surface area contributed by atoms with E-state index >= 15 is 0 Å². The van der Waals surface area contributed by atoms with Crippen LogP contribution in [0.2, 0.25) is 0 Å². The molecule has 10 nitrogen and oxygen atoms in total. The normalized spacial score (nSPS) is 35.2. The maximum absolute atomic E-state index is 13.5. The molecule has 10 heteroatoms. The lowest BCUT2D eigenvalue weighted by Crippen LogP contribution is -2.50. The minimum Gasteiger partial charge on any atom is -0.304 e. The summed E-state index contributed by atoms with van der Waals surface area (Å²) < 4.78 is 0. The number of nitrogens with zero attached hydrogens (tertiary/aromatic N) is 6. The number of likely N-dealkylation sites (tertiary alicyclic amines) is 2. The van der Waals surface area contributed by atoms with Crippen molar-refractivity contribution in [3.8, 4) is 0 Å². The molecular weight excluding hydrogens is 436 g/mol. The summed E-state index contributed by atoms with van der Waals surface area (Å²) in [4.78, 5) is 65.3. The van der Waals surface area contributed by atoms with Crippen molar-refractivity contribution in [3.05, 3.63) is 23.3 Å². The van der Waals surface area contributed by atoms with Gasteiger partial charge in [-0.1, -0.05) is 12.2 Å². The number of likely N-dealkylation sites (N-methyl/N-ethyl adjacent to an activating group) is 2. The highest BCUT2D eigenvalue weighted by Gasteiger charge is 2.63. The van der Waals surface area contributed by atoms with Gasteiger partial charge in [-0.05, 0) is 19.7 Å². The van der Waals surface area contributed by atoms with Gasteiger partial charge in [0.15, 0.2) is 0 Å². The summed E-state index contributed by atoms with van der Waals surface area (Å²) in [5.41, 5.74) is 1.05. The average Bonchev–Trinajstić information content (AvgIpc) is 3.25. The molecule has 0 aromatic rings. The summed E-state index contributed by atoms with van der Waals surface area (Å²) >= 11 is 0. The highest BCUT2D eigenvalue weighted by molar-refractivity contribution is 6.19. The fraction of sp³-hybridized carbons (Fsp3) is 0.667. The van der Waals surface area contributed by atoms with E-state index in [0.29, 0.717) is 11.1 Å². The van der Waals surface area contributed by atoms with E-state index in [1.54, 1.807) is 0 Å². The molecule has 4 amide bonds. The number of imide groups is 2. The van der Waals surface area contributed by atoms with Gasteiger partial charge in [0.25, 0.3) is 5.91 Å². The second-order valence-electron chi connectivity index (χ2n) is 10.6. The van der Waals surface area contributed by atoms with E-state index in [2.05, 4.69) is 33.7 Å². The van der Waals surface area contributed by atoms with Crippen LogP contribution < -0.4 is 0 Å². The molecule has 0 N–H and O–H groups in total. The molecule has 7 rings (SSSR count). The highest BCUT2D eigenvalue weighted by atomic mass is 16.2. The summed E-state index contributed by atoms with van der Waals surface area (Å²) in [6.07, 6.45) is 3.71. The van der Waals surface area contributed by atoms with E-state index in [1.807, 2.05) is 12.2 Å². The third-order valence-corrected chi connectivity index (χ3v) is 8.58. The van der Waals surface area contributed by atoms with Gasteiger partial charge in [-0.2, -0.15) is 0 Å². The Labute approximate surface area is 199 Å². The van der Waals surface area contributed by atoms with E-state index in [9.17, 15) is 19.2 Å². The van der Waals surface area contributed by atoms with Crippen LogP contribution in [-0.4, -0.2) is 133 Å². The van der Waals surface area contributed by atoms with Gasteiger partial charge in [0.2, 0.25) is 17.7 Å². The minimum atomic E-state index is -0.637.